The van der Waals surface area contributed by atoms with E-state index in [2.05, 4.69) is 46.0 Å². The Morgan fingerprint density at radius 3 is 2.19 bits per heavy atom. The molecule has 0 heterocycles. The van der Waals surface area contributed by atoms with Gasteiger partial charge in [-0.15, -0.1) is 0 Å². The van der Waals surface area contributed by atoms with Gasteiger partial charge in [-0.1, -0.05) is 58.7 Å². The summed E-state index contributed by atoms with van der Waals surface area (Å²) in [7, 11) is 0. The molecule has 0 aromatic heterocycles. The first kappa shape index (κ1) is 17.5. The molecular formula is C19H29NO. The third-order valence-electron chi connectivity index (χ3n) is 3.32. The fourth-order valence-electron chi connectivity index (χ4n) is 2.30. The highest BCUT2D eigenvalue weighted by atomic mass is 16.1. The Bertz CT molecular complexity index is 477. The molecule has 0 aliphatic heterocycles. The van der Waals surface area contributed by atoms with Gasteiger partial charge in [0.25, 0.3) is 5.91 Å². The molecule has 0 bridgehead atoms. The zero-order chi connectivity index (χ0) is 15.9. The highest BCUT2D eigenvalue weighted by Gasteiger charge is 2.08. The van der Waals surface area contributed by atoms with Gasteiger partial charge in [-0.3, -0.25) is 4.79 Å². The summed E-state index contributed by atoms with van der Waals surface area (Å²) in [5.41, 5.74) is 3.32. The van der Waals surface area contributed by atoms with Crippen molar-refractivity contribution in [1.82, 2.24) is 5.32 Å². The number of nitrogens with one attached hydrogen (secondary N) is 1. The largest absolute Gasteiger partial charge is 0.352 e. The van der Waals surface area contributed by atoms with E-state index in [1.807, 2.05) is 24.3 Å². The number of allylic oxidation sites excluding steroid dienone is 2. The third-order valence-corrected chi connectivity index (χ3v) is 3.32. The summed E-state index contributed by atoms with van der Waals surface area (Å²) >= 11 is 0. The molecule has 0 aliphatic carbocycles. The van der Waals surface area contributed by atoms with Crippen molar-refractivity contribution >= 4 is 11.5 Å². The van der Waals surface area contributed by atoms with Crippen LogP contribution in [0.4, 0.5) is 0 Å². The second-order valence-electron chi connectivity index (χ2n) is 6.73. The summed E-state index contributed by atoms with van der Waals surface area (Å²) in [6, 6.07) is 7.87. The third kappa shape index (κ3) is 6.61. The van der Waals surface area contributed by atoms with E-state index in [-0.39, 0.29) is 11.3 Å². The second kappa shape index (κ2) is 8.02. The van der Waals surface area contributed by atoms with Crippen LogP contribution in [0.5, 0.6) is 0 Å². The van der Waals surface area contributed by atoms with Crippen LogP contribution in [0.25, 0.3) is 5.57 Å². The molecule has 2 nitrogen and oxygen atoms in total. The van der Waals surface area contributed by atoms with Crippen molar-refractivity contribution in [3.05, 3.63) is 41.5 Å². The van der Waals surface area contributed by atoms with Gasteiger partial charge in [-0.05, 0) is 42.0 Å². The molecule has 0 unspecified atom stereocenters. The van der Waals surface area contributed by atoms with Gasteiger partial charge in [0.05, 0.1) is 0 Å². The van der Waals surface area contributed by atoms with Crippen LogP contribution in [-0.2, 0) is 0 Å². The van der Waals surface area contributed by atoms with Gasteiger partial charge in [0.1, 0.15) is 0 Å². The molecule has 116 valence electrons. The number of carbonyl (C=O) groups excluding carboxylic acids is 1. The van der Waals surface area contributed by atoms with E-state index >= 15 is 0 Å². The Labute approximate surface area is 129 Å². The Kier molecular flexibility index (Phi) is 6.67. The lowest BCUT2D eigenvalue weighted by atomic mass is 9.91. The van der Waals surface area contributed by atoms with Gasteiger partial charge in [0, 0.05) is 12.1 Å². The minimum atomic E-state index is 0.0232. The van der Waals surface area contributed by atoms with Crippen LogP contribution in [-0.4, -0.2) is 12.5 Å². The topological polar surface area (TPSA) is 29.1 Å². The molecule has 2 heteroatoms. The first-order valence-electron chi connectivity index (χ1n) is 7.91. The molecule has 0 saturated carbocycles. The van der Waals surface area contributed by atoms with Gasteiger partial charge >= 0.3 is 0 Å². The average Bonchev–Trinajstić information content (AvgIpc) is 2.41. The lowest BCUT2D eigenvalue weighted by Gasteiger charge is -2.14. The molecule has 1 N–H and O–H groups in total. The van der Waals surface area contributed by atoms with E-state index in [9.17, 15) is 4.79 Å². The van der Waals surface area contributed by atoms with Crippen molar-refractivity contribution in [2.24, 2.45) is 5.41 Å². The maximum Gasteiger partial charge on any atom is 0.251 e. The first-order valence-corrected chi connectivity index (χ1v) is 7.91. The van der Waals surface area contributed by atoms with Crippen molar-refractivity contribution in [1.29, 1.82) is 0 Å². The summed E-state index contributed by atoms with van der Waals surface area (Å²) < 4.78 is 0. The first-order chi connectivity index (χ1) is 9.83. The van der Waals surface area contributed by atoms with Gasteiger partial charge in [0.2, 0.25) is 0 Å². The van der Waals surface area contributed by atoms with Crippen LogP contribution < -0.4 is 5.32 Å². The van der Waals surface area contributed by atoms with E-state index in [0.29, 0.717) is 0 Å². The molecule has 0 spiro atoms. The van der Waals surface area contributed by atoms with E-state index < -0.39 is 0 Å². The highest BCUT2D eigenvalue weighted by Crippen LogP contribution is 2.23. The molecule has 1 aromatic carbocycles. The van der Waals surface area contributed by atoms with Crippen LogP contribution in [0, 0.1) is 5.41 Å². The quantitative estimate of drug-likeness (QED) is 0.728. The summed E-state index contributed by atoms with van der Waals surface area (Å²) in [6.45, 7) is 11.6. The Morgan fingerprint density at radius 2 is 1.67 bits per heavy atom. The number of carbonyl (C=O) groups is 1. The fourth-order valence-corrected chi connectivity index (χ4v) is 2.30. The van der Waals surface area contributed by atoms with Crippen molar-refractivity contribution in [2.75, 3.05) is 6.54 Å². The van der Waals surface area contributed by atoms with Gasteiger partial charge in [-0.25, -0.2) is 0 Å². The van der Waals surface area contributed by atoms with Crippen LogP contribution in [0.15, 0.2) is 30.3 Å². The predicted octanol–water partition coefficient (Wildman–Crippen LogP) is 5.06. The Hall–Kier alpha value is -1.57. The minimum Gasteiger partial charge on any atom is -0.352 e. The molecule has 0 atom stereocenters. The molecule has 0 fully saturated rings. The van der Waals surface area contributed by atoms with Crippen LogP contribution in [0.1, 0.15) is 69.8 Å². The normalized spacial score (nSPS) is 12.3. The molecule has 0 radical (unpaired) electrons. The average molecular weight is 287 g/mol. The number of benzene rings is 1. The standard InChI is InChI=1S/C19H29NO/c1-6-7-8-13-20-18(21)17-11-9-16(10-12-17)15(2)14-19(3,4)5/h9-12,14H,6-8,13H2,1-5H3,(H,20,21)/b15-14+. The monoisotopic (exact) mass is 287 g/mol. The second-order valence-corrected chi connectivity index (χ2v) is 6.73. The van der Waals surface area contributed by atoms with Crippen molar-refractivity contribution < 1.29 is 4.79 Å². The Morgan fingerprint density at radius 1 is 1.10 bits per heavy atom. The van der Waals surface area contributed by atoms with Crippen molar-refractivity contribution in [3.8, 4) is 0 Å². The van der Waals surface area contributed by atoms with Gasteiger partial charge < -0.3 is 5.32 Å². The van der Waals surface area contributed by atoms with Crippen LogP contribution in [0.2, 0.25) is 0 Å². The summed E-state index contributed by atoms with van der Waals surface area (Å²) in [5, 5.41) is 2.97. The number of hydrogen-bond donors (Lipinski definition) is 1. The van der Waals surface area contributed by atoms with Crippen LogP contribution >= 0.6 is 0 Å². The molecule has 1 amide bonds. The lowest BCUT2D eigenvalue weighted by Crippen LogP contribution is -2.24. The van der Waals surface area contributed by atoms with E-state index in [1.54, 1.807) is 0 Å². The Balaban J connectivity index is 2.65. The van der Waals surface area contributed by atoms with E-state index in [1.165, 1.54) is 17.6 Å². The predicted molar refractivity (Wildman–Crippen MR) is 91.4 cm³/mol. The molecular weight excluding hydrogens is 258 g/mol. The maximum atomic E-state index is 12.0. The lowest BCUT2D eigenvalue weighted by molar-refractivity contribution is 0.0953. The number of hydrogen-bond acceptors (Lipinski definition) is 1. The molecule has 1 aromatic rings. The minimum absolute atomic E-state index is 0.0232. The fraction of sp³-hybridized carbons (Fsp3) is 0.526. The zero-order valence-electron chi connectivity index (χ0n) is 14.1. The smallest absolute Gasteiger partial charge is 0.251 e. The maximum absolute atomic E-state index is 12.0. The zero-order valence-corrected chi connectivity index (χ0v) is 14.1. The van der Waals surface area contributed by atoms with Gasteiger partial charge in [0.15, 0.2) is 0 Å². The molecule has 1 rings (SSSR count). The van der Waals surface area contributed by atoms with E-state index in [4.69, 9.17) is 0 Å². The van der Waals surface area contributed by atoms with E-state index in [0.717, 1.165) is 24.9 Å². The molecule has 21 heavy (non-hydrogen) atoms. The van der Waals surface area contributed by atoms with Gasteiger partial charge in [-0.2, -0.15) is 0 Å². The number of unbranched alkanes of at least 4 members (excludes halogenated alkanes) is 2. The summed E-state index contributed by atoms with van der Waals surface area (Å²) in [4.78, 5) is 12.0. The SMILES string of the molecule is CCCCCNC(=O)c1ccc(/C(C)=C/C(C)(C)C)cc1. The summed E-state index contributed by atoms with van der Waals surface area (Å²) in [5.74, 6) is 0.0232. The van der Waals surface area contributed by atoms with Crippen molar-refractivity contribution in [2.45, 2.75) is 53.9 Å². The molecule has 0 saturated heterocycles. The van der Waals surface area contributed by atoms with Crippen LogP contribution in [0.3, 0.4) is 0 Å². The summed E-state index contributed by atoms with van der Waals surface area (Å²) in [6.07, 6.45) is 5.64. The highest BCUT2D eigenvalue weighted by molar-refractivity contribution is 5.94. The van der Waals surface area contributed by atoms with Crippen molar-refractivity contribution in [3.63, 3.8) is 0 Å². The number of rotatable bonds is 6. The molecule has 0 aliphatic rings. The number of amides is 1.